The van der Waals surface area contributed by atoms with E-state index in [1.807, 2.05) is 6.20 Å². The Hall–Kier alpha value is -1.00. The Balaban J connectivity index is 2.04. The third kappa shape index (κ3) is 3.06. The van der Waals surface area contributed by atoms with Crippen molar-refractivity contribution >= 4 is 0 Å². The minimum atomic E-state index is 0.336. The van der Waals surface area contributed by atoms with Crippen LogP contribution in [0.3, 0.4) is 0 Å². The first kappa shape index (κ1) is 13.4. The van der Waals surface area contributed by atoms with Crippen molar-refractivity contribution in [3.63, 3.8) is 0 Å². The van der Waals surface area contributed by atoms with Gasteiger partial charge in [0, 0.05) is 30.7 Å². The van der Waals surface area contributed by atoms with E-state index in [2.05, 4.69) is 28.7 Å². The Morgan fingerprint density at radius 3 is 2.61 bits per heavy atom. The van der Waals surface area contributed by atoms with Gasteiger partial charge in [0.1, 0.15) is 0 Å². The van der Waals surface area contributed by atoms with Gasteiger partial charge in [-0.05, 0) is 39.2 Å². The van der Waals surface area contributed by atoms with Crippen molar-refractivity contribution in [2.75, 3.05) is 6.54 Å². The molecular weight excluding hydrogens is 224 g/mol. The maximum Gasteiger partial charge on any atom is 0.0755 e. The molecule has 0 radical (unpaired) electrons. The van der Waals surface area contributed by atoms with E-state index in [1.54, 1.807) is 12.4 Å². The smallest absolute Gasteiger partial charge is 0.0755 e. The van der Waals surface area contributed by atoms with Gasteiger partial charge in [-0.25, -0.2) is 0 Å². The first-order chi connectivity index (χ1) is 8.72. The van der Waals surface area contributed by atoms with Gasteiger partial charge >= 0.3 is 0 Å². The van der Waals surface area contributed by atoms with Crippen molar-refractivity contribution in [1.29, 1.82) is 0 Å². The van der Waals surface area contributed by atoms with E-state index in [0.717, 1.165) is 25.1 Å². The van der Waals surface area contributed by atoms with Crippen molar-refractivity contribution in [2.24, 2.45) is 5.73 Å². The molecule has 1 aliphatic rings. The van der Waals surface area contributed by atoms with Crippen LogP contribution in [0.25, 0.3) is 0 Å². The van der Waals surface area contributed by atoms with Crippen molar-refractivity contribution < 1.29 is 0 Å². The first-order valence-corrected chi connectivity index (χ1v) is 6.99. The zero-order chi connectivity index (χ0) is 13.0. The summed E-state index contributed by atoms with van der Waals surface area (Å²) in [6.07, 6.45) is 10.1. The number of hydrogen-bond acceptors (Lipinski definition) is 4. The molecule has 1 aromatic heterocycles. The molecule has 2 rings (SSSR count). The lowest BCUT2D eigenvalue weighted by atomic mass is 9.90. The summed E-state index contributed by atoms with van der Waals surface area (Å²) in [6.45, 7) is 5.50. The molecule has 0 aliphatic heterocycles. The standard InChI is InChI=1S/C14H24N4/c1-3-18(13-6-4-12(15)5-7-13)11(2)14-10-16-8-9-17-14/h8-13H,3-7,15H2,1-2H3. The molecule has 18 heavy (non-hydrogen) atoms. The zero-order valence-electron chi connectivity index (χ0n) is 11.4. The molecule has 0 bridgehead atoms. The molecule has 4 heteroatoms. The van der Waals surface area contributed by atoms with Gasteiger partial charge in [0.15, 0.2) is 0 Å². The van der Waals surface area contributed by atoms with Crippen LogP contribution >= 0.6 is 0 Å². The van der Waals surface area contributed by atoms with Gasteiger partial charge in [-0.1, -0.05) is 6.92 Å². The molecule has 0 amide bonds. The van der Waals surface area contributed by atoms with Gasteiger partial charge in [0.05, 0.1) is 11.7 Å². The summed E-state index contributed by atoms with van der Waals surface area (Å²) in [5, 5.41) is 0. The minimum Gasteiger partial charge on any atom is -0.328 e. The normalized spacial score (nSPS) is 26.2. The highest BCUT2D eigenvalue weighted by molar-refractivity contribution is 5.02. The lowest BCUT2D eigenvalue weighted by Gasteiger charge is -2.38. The molecule has 1 heterocycles. The van der Waals surface area contributed by atoms with Crippen LogP contribution in [0.4, 0.5) is 0 Å². The first-order valence-electron chi connectivity index (χ1n) is 6.99. The summed E-state index contributed by atoms with van der Waals surface area (Å²) < 4.78 is 0. The molecule has 1 aliphatic carbocycles. The zero-order valence-corrected chi connectivity index (χ0v) is 11.4. The third-order valence-corrected chi connectivity index (χ3v) is 4.08. The van der Waals surface area contributed by atoms with E-state index >= 15 is 0 Å². The van der Waals surface area contributed by atoms with E-state index in [-0.39, 0.29) is 0 Å². The maximum atomic E-state index is 5.98. The van der Waals surface area contributed by atoms with Crippen molar-refractivity contribution in [2.45, 2.75) is 57.7 Å². The quantitative estimate of drug-likeness (QED) is 0.887. The van der Waals surface area contributed by atoms with Gasteiger partial charge in [0.25, 0.3) is 0 Å². The van der Waals surface area contributed by atoms with Gasteiger partial charge in [-0.2, -0.15) is 0 Å². The average Bonchev–Trinajstić information content (AvgIpc) is 2.42. The van der Waals surface area contributed by atoms with Crippen molar-refractivity contribution in [3.05, 3.63) is 24.3 Å². The van der Waals surface area contributed by atoms with Gasteiger partial charge in [-0.15, -0.1) is 0 Å². The number of hydrogen-bond donors (Lipinski definition) is 1. The third-order valence-electron chi connectivity index (χ3n) is 4.08. The van der Waals surface area contributed by atoms with Gasteiger partial charge in [0.2, 0.25) is 0 Å². The number of nitrogens with zero attached hydrogens (tertiary/aromatic N) is 3. The molecule has 0 spiro atoms. The summed E-state index contributed by atoms with van der Waals surface area (Å²) >= 11 is 0. The highest BCUT2D eigenvalue weighted by Gasteiger charge is 2.27. The Kier molecular flexibility index (Phi) is 4.66. The van der Waals surface area contributed by atoms with Crippen LogP contribution in [0.5, 0.6) is 0 Å². The molecule has 1 atom stereocenters. The highest BCUT2D eigenvalue weighted by atomic mass is 15.2. The lowest BCUT2D eigenvalue weighted by molar-refractivity contribution is 0.112. The molecule has 0 aromatic carbocycles. The second-order valence-corrected chi connectivity index (χ2v) is 5.21. The maximum absolute atomic E-state index is 5.98. The summed E-state index contributed by atoms with van der Waals surface area (Å²) in [5.41, 5.74) is 7.05. The molecule has 100 valence electrons. The Bertz CT molecular complexity index is 346. The van der Waals surface area contributed by atoms with E-state index in [9.17, 15) is 0 Å². The van der Waals surface area contributed by atoms with E-state index < -0.39 is 0 Å². The highest BCUT2D eigenvalue weighted by Crippen LogP contribution is 2.28. The van der Waals surface area contributed by atoms with Crippen molar-refractivity contribution in [3.8, 4) is 0 Å². The fourth-order valence-electron chi connectivity index (χ4n) is 2.98. The Labute approximate surface area is 110 Å². The summed E-state index contributed by atoms with van der Waals surface area (Å²) in [7, 11) is 0. The van der Waals surface area contributed by atoms with Crippen molar-refractivity contribution in [1.82, 2.24) is 14.9 Å². The fourth-order valence-corrected chi connectivity index (χ4v) is 2.98. The molecular formula is C14H24N4. The minimum absolute atomic E-state index is 0.336. The lowest BCUT2D eigenvalue weighted by Crippen LogP contribution is -2.42. The van der Waals surface area contributed by atoms with E-state index in [0.29, 0.717) is 18.1 Å². The topological polar surface area (TPSA) is 55.0 Å². The van der Waals surface area contributed by atoms with Crippen LogP contribution in [-0.4, -0.2) is 33.5 Å². The molecule has 4 nitrogen and oxygen atoms in total. The molecule has 1 aromatic rings. The van der Waals surface area contributed by atoms with Crippen LogP contribution < -0.4 is 5.73 Å². The molecule has 1 unspecified atom stereocenters. The van der Waals surface area contributed by atoms with Crippen LogP contribution in [-0.2, 0) is 0 Å². The van der Waals surface area contributed by atoms with Gasteiger partial charge < -0.3 is 5.73 Å². The predicted molar refractivity (Wildman–Crippen MR) is 73.1 cm³/mol. The largest absolute Gasteiger partial charge is 0.328 e. The van der Waals surface area contributed by atoms with Gasteiger partial charge in [-0.3, -0.25) is 14.9 Å². The SMILES string of the molecule is CCN(C1CCC(N)CC1)C(C)c1cnccn1. The number of nitrogens with two attached hydrogens (primary N) is 1. The second-order valence-electron chi connectivity index (χ2n) is 5.21. The monoisotopic (exact) mass is 248 g/mol. The van der Waals surface area contributed by atoms with Crippen LogP contribution in [0, 0.1) is 0 Å². The summed E-state index contributed by atoms with van der Waals surface area (Å²) in [4.78, 5) is 11.1. The molecule has 0 saturated heterocycles. The predicted octanol–water partition coefficient (Wildman–Crippen LogP) is 2.13. The Morgan fingerprint density at radius 2 is 2.06 bits per heavy atom. The summed E-state index contributed by atoms with van der Waals surface area (Å²) in [5.74, 6) is 0. The number of rotatable bonds is 4. The molecule has 2 N–H and O–H groups in total. The van der Waals surface area contributed by atoms with E-state index in [1.165, 1.54) is 12.8 Å². The fraction of sp³-hybridized carbons (Fsp3) is 0.714. The second kappa shape index (κ2) is 6.25. The van der Waals surface area contributed by atoms with Crippen LogP contribution in [0.2, 0.25) is 0 Å². The summed E-state index contributed by atoms with van der Waals surface area (Å²) in [6, 6.07) is 1.39. The number of aromatic nitrogens is 2. The Morgan fingerprint density at radius 1 is 1.33 bits per heavy atom. The molecule has 1 fully saturated rings. The van der Waals surface area contributed by atoms with E-state index in [4.69, 9.17) is 5.73 Å². The van der Waals surface area contributed by atoms with Crippen LogP contribution in [0.1, 0.15) is 51.3 Å². The van der Waals surface area contributed by atoms with Crippen LogP contribution in [0.15, 0.2) is 18.6 Å². The average molecular weight is 248 g/mol. The molecule has 1 saturated carbocycles.